The monoisotopic (exact) mass is 540 g/mol. The highest BCUT2D eigenvalue weighted by atomic mass is 16.5. The number of likely N-dealkylation sites (N-methyl/N-ethyl adjacent to an activating group) is 2. The molecular formula is C33H40N4O3. The number of carbonyl (C=O) groups excluding carboxylic acids is 1. The Morgan fingerprint density at radius 2 is 1.38 bits per heavy atom. The average Bonchev–Trinajstić information content (AvgIpc) is 3.00. The SMILES string of the molecule is COc1ccc(C=CC(=O)c2cc(-c3ccccc3OC)ccc2N2CCN(C)CC2)c(N2CCN(C)CC2)c1. The Morgan fingerprint density at radius 1 is 0.725 bits per heavy atom. The minimum atomic E-state index is -0.00850. The molecule has 5 rings (SSSR count). The maximum atomic E-state index is 13.9. The van der Waals surface area contributed by atoms with Crippen molar-refractivity contribution in [1.82, 2.24) is 9.80 Å². The highest BCUT2D eigenvalue weighted by Gasteiger charge is 2.22. The van der Waals surface area contributed by atoms with Crippen molar-refractivity contribution in [1.29, 1.82) is 0 Å². The van der Waals surface area contributed by atoms with Crippen molar-refractivity contribution in [2.75, 3.05) is 90.5 Å². The lowest BCUT2D eigenvalue weighted by Gasteiger charge is -2.35. The molecule has 7 nitrogen and oxygen atoms in total. The van der Waals surface area contributed by atoms with Crippen molar-refractivity contribution in [3.05, 3.63) is 77.9 Å². The molecule has 7 heteroatoms. The summed E-state index contributed by atoms with van der Waals surface area (Å²) in [5.41, 5.74) is 5.74. The fourth-order valence-electron chi connectivity index (χ4n) is 5.48. The zero-order chi connectivity index (χ0) is 28.1. The first-order valence-corrected chi connectivity index (χ1v) is 14.0. The molecule has 2 aliphatic heterocycles. The van der Waals surface area contributed by atoms with Gasteiger partial charge < -0.3 is 29.1 Å². The molecule has 2 saturated heterocycles. The second-order valence-electron chi connectivity index (χ2n) is 10.6. The van der Waals surface area contributed by atoms with Gasteiger partial charge in [0, 0.05) is 80.9 Å². The van der Waals surface area contributed by atoms with Crippen LogP contribution in [0.2, 0.25) is 0 Å². The van der Waals surface area contributed by atoms with E-state index in [4.69, 9.17) is 9.47 Å². The van der Waals surface area contributed by atoms with Gasteiger partial charge in [-0.05, 0) is 67.7 Å². The van der Waals surface area contributed by atoms with Gasteiger partial charge in [0.15, 0.2) is 5.78 Å². The van der Waals surface area contributed by atoms with Gasteiger partial charge in [0.1, 0.15) is 11.5 Å². The molecular weight excluding hydrogens is 500 g/mol. The second-order valence-corrected chi connectivity index (χ2v) is 10.6. The van der Waals surface area contributed by atoms with Crippen LogP contribution in [-0.2, 0) is 0 Å². The molecule has 0 unspecified atom stereocenters. The first kappa shape index (κ1) is 27.7. The van der Waals surface area contributed by atoms with Crippen LogP contribution in [0.5, 0.6) is 11.5 Å². The molecule has 2 heterocycles. The zero-order valence-electron chi connectivity index (χ0n) is 24.1. The number of rotatable bonds is 8. The summed E-state index contributed by atoms with van der Waals surface area (Å²) in [5.74, 6) is 1.60. The van der Waals surface area contributed by atoms with E-state index in [1.54, 1.807) is 20.3 Å². The smallest absolute Gasteiger partial charge is 0.187 e. The maximum absolute atomic E-state index is 13.9. The van der Waals surface area contributed by atoms with E-state index >= 15 is 0 Å². The summed E-state index contributed by atoms with van der Waals surface area (Å²) in [4.78, 5) is 23.3. The second kappa shape index (κ2) is 12.6. The van der Waals surface area contributed by atoms with Gasteiger partial charge in [0.25, 0.3) is 0 Å². The quantitative estimate of drug-likeness (QED) is 0.301. The van der Waals surface area contributed by atoms with Crippen LogP contribution >= 0.6 is 0 Å². The molecule has 0 radical (unpaired) electrons. The van der Waals surface area contributed by atoms with Crippen molar-refractivity contribution in [3.63, 3.8) is 0 Å². The largest absolute Gasteiger partial charge is 0.497 e. The molecule has 2 fully saturated rings. The topological polar surface area (TPSA) is 48.5 Å². The summed E-state index contributed by atoms with van der Waals surface area (Å²) in [5, 5.41) is 0. The molecule has 3 aromatic carbocycles. The molecule has 0 bridgehead atoms. The predicted molar refractivity (Wildman–Crippen MR) is 164 cm³/mol. The third kappa shape index (κ3) is 6.16. The Bertz CT molecular complexity index is 1360. The van der Waals surface area contributed by atoms with Gasteiger partial charge in [-0.15, -0.1) is 0 Å². The van der Waals surface area contributed by atoms with E-state index in [1.807, 2.05) is 48.5 Å². The van der Waals surface area contributed by atoms with E-state index in [0.29, 0.717) is 5.56 Å². The summed E-state index contributed by atoms with van der Waals surface area (Å²) in [7, 11) is 7.67. The molecule has 0 spiro atoms. The van der Waals surface area contributed by atoms with Crippen LogP contribution in [0.25, 0.3) is 17.2 Å². The molecule has 0 N–H and O–H groups in total. The van der Waals surface area contributed by atoms with E-state index < -0.39 is 0 Å². The first-order chi connectivity index (χ1) is 19.5. The van der Waals surface area contributed by atoms with Crippen molar-refractivity contribution in [2.45, 2.75) is 0 Å². The third-order valence-corrected chi connectivity index (χ3v) is 8.02. The van der Waals surface area contributed by atoms with Crippen molar-refractivity contribution >= 4 is 23.2 Å². The van der Waals surface area contributed by atoms with Crippen LogP contribution in [0.3, 0.4) is 0 Å². The van der Waals surface area contributed by atoms with Crippen LogP contribution < -0.4 is 19.3 Å². The Kier molecular flexibility index (Phi) is 8.72. The average molecular weight is 541 g/mol. The van der Waals surface area contributed by atoms with Crippen LogP contribution in [0.4, 0.5) is 11.4 Å². The summed E-state index contributed by atoms with van der Waals surface area (Å²) < 4.78 is 11.2. The maximum Gasteiger partial charge on any atom is 0.187 e. The number of ketones is 1. The molecule has 0 aromatic heterocycles. The van der Waals surface area contributed by atoms with E-state index in [-0.39, 0.29) is 5.78 Å². The van der Waals surface area contributed by atoms with E-state index in [2.05, 4.69) is 51.9 Å². The number of ether oxygens (including phenoxy) is 2. The molecule has 0 amide bonds. The molecule has 40 heavy (non-hydrogen) atoms. The molecule has 2 aliphatic rings. The van der Waals surface area contributed by atoms with Gasteiger partial charge in [-0.25, -0.2) is 0 Å². The fraction of sp³-hybridized carbons (Fsp3) is 0.364. The van der Waals surface area contributed by atoms with Crippen molar-refractivity contribution < 1.29 is 14.3 Å². The molecule has 0 saturated carbocycles. The predicted octanol–water partition coefficient (Wildman–Crippen LogP) is 4.77. The van der Waals surface area contributed by atoms with E-state index in [1.165, 1.54) is 0 Å². The number of hydrogen-bond acceptors (Lipinski definition) is 7. The Morgan fingerprint density at radius 3 is 2.02 bits per heavy atom. The third-order valence-electron chi connectivity index (χ3n) is 8.02. The number of para-hydroxylation sites is 1. The number of piperazine rings is 2. The van der Waals surface area contributed by atoms with Crippen molar-refractivity contribution in [2.24, 2.45) is 0 Å². The Labute approximate surface area is 238 Å². The van der Waals surface area contributed by atoms with Gasteiger partial charge in [0.05, 0.1) is 14.2 Å². The molecule has 0 aliphatic carbocycles. The lowest BCUT2D eigenvalue weighted by Crippen LogP contribution is -2.45. The highest BCUT2D eigenvalue weighted by molar-refractivity contribution is 6.11. The number of nitrogens with zero attached hydrogens (tertiary/aromatic N) is 4. The van der Waals surface area contributed by atoms with Crippen LogP contribution in [-0.4, -0.2) is 96.3 Å². The van der Waals surface area contributed by atoms with Crippen LogP contribution in [0, 0.1) is 0 Å². The normalized spacial score (nSPS) is 16.9. The molecule has 3 aromatic rings. The number of carbonyl (C=O) groups is 1. The fourth-order valence-corrected chi connectivity index (χ4v) is 5.48. The number of anilines is 2. The van der Waals surface area contributed by atoms with Gasteiger partial charge in [-0.3, -0.25) is 4.79 Å². The number of allylic oxidation sites excluding steroid dienone is 1. The molecule has 210 valence electrons. The van der Waals surface area contributed by atoms with Gasteiger partial charge >= 0.3 is 0 Å². The molecule has 0 atom stereocenters. The van der Waals surface area contributed by atoms with E-state index in [0.717, 1.165) is 91.9 Å². The minimum absolute atomic E-state index is 0.00850. The Balaban J connectivity index is 1.50. The van der Waals surface area contributed by atoms with Crippen molar-refractivity contribution in [3.8, 4) is 22.6 Å². The number of benzene rings is 3. The van der Waals surface area contributed by atoms with E-state index in [9.17, 15) is 4.79 Å². The van der Waals surface area contributed by atoms with Gasteiger partial charge in [-0.2, -0.15) is 0 Å². The first-order valence-electron chi connectivity index (χ1n) is 14.0. The highest BCUT2D eigenvalue weighted by Crippen LogP contribution is 2.34. The summed E-state index contributed by atoms with van der Waals surface area (Å²) >= 11 is 0. The summed E-state index contributed by atoms with van der Waals surface area (Å²) in [6.07, 6.45) is 3.68. The number of hydrogen-bond donors (Lipinski definition) is 0. The van der Waals surface area contributed by atoms with Crippen LogP contribution in [0.15, 0.2) is 66.7 Å². The summed E-state index contributed by atoms with van der Waals surface area (Å²) in [6.45, 7) is 7.60. The van der Waals surface area contributed by atoms with Gasteiger partial charge in [-0.1, -0.05) is 24.3 Å². The Hall–Kier alpha value is -3.81. The number of methoxy groups -OCH3 is 2. The minimum Gasteiger partial charge on any atom is -0.497 e. The van der Waals surface area contributed by atoms with Crippen LogP contribution in [0.1, 0.15) is 15.9 Å². The zero-order valence-corrected chi connectivity index (χ0v) is 24.1. The van der Waals surface area contributed by atoms with Gasteiger partial charge in [0.2, 0.25) is 0 Å². The summed E-state index contributed by atoms with van der Waals surface area (Å²) in [6, 6.07) is 20.2. The lowest BCUT2D eigenvalue weighted by atomic mass is 9.97. The lowest BCUT2D eigenvalue weighted by molar-refractivity contribution is 0.104. The standard InChI is InChI=1S/C33H40N4O3/c1-34-15-19-36(20-16-34)30-13-10-26(28-7-5-6-8-33(28)40-4)23-29(30)32(38)14-11-25-9-12-27(39-3)24-31(25)37-21-17-35(2)18-22-37/h5-14,23-24H,15-22H2,1-4H3.